The van der Waals surface area contributed by atoms with Gasteiger partial charge in [-0.2, -0.15) is 13.2 Å². The number of ether oxygens (including phenoxy) is 1. The van der Waals surface area contributed by atoms with Crippen molar-refractivity contribution in [3.8, 4) is 0 Å². The molecule has 0 spiro atoms. The molecule has 1 aromatic rings. The van der Waals surface area contributed by atoms with Crippen molar-refractivity contribution >= 4 is 35.2 Å². The van der Waals surface area contributed by atoms with E-state index in [-0.39, 0.29) is 29.1 Å². The number of benzene rings is 1. The third-order valence-corrected chi connectivity index (χ3v) is 6.47. The first-order valence-electron chi connectivity index (χ1n) is 11.8. The highest BCUT2D eigenvalue weighted by Crippen LogP contribution is 2.34. The number of carbonyl (C=O) groups is 3. The van der Waals surface area contributed by atoms with Crippen molar-refractivity contribution in [1.82, 2.24) is 15.1 Å². The van der Waals surface area contributed by atoms with Crippen molar-refractivity contribution in [3.05, 3.63) is 28.8 Å². The van der Waals surface area contributed by atoms with Crippen LogP contribution < -0.4 is 10.6 Å². The van der Waals surface area contributed by atoms with Gasteiger partial charge in [-0.05, 0) is 58.2 Å². The highest BCUT2D eigenvalue weighted by molar-refractivity contribution is 6.31. The van der Waals surface area contributed by atoms with Gasteiger partial charge in [-0.15, -0.1) is 0 Å². The van der Waals surface area contributed by atoms with Gasteiger partial charge in [-0.3, -0.25) is 9.59 Å². The number of alkyl halides is 3. The third kappa shape index (κ3) is 6.74. The summed E-state index contributed by atoms with van der Waals surface area (Å²) in [5, 5.41) is 5.42. The number of carbonyl (C=O) groups excluding carboxylic acids is 3. The average Bonchev–Trinajstić information content (AvgIpc) is 2.77. The zero-order valence-corrected chi connectivity index (χ0v) is 21.5. The molecule has 2 aliphatic rings. The van der Waals surface area contributed by atoms with Gasteiger partial charge in [0.25, 0.3) is 0 Å². The lowest BCUT2D eigenvalue weighted by atomic mass is 9.87. The zero-order chi connectivity index (χ0) is 26.8. The molecule has 3 rings (SSSR count). The minimum atomic E-state index is -4.59. The molecule has 36 heavy (non-hydrogen) atoms. The Labute approximate surface area is 213 Å². The molecule has 0 bridgehead atoms. The quantitative estimate of drug-likeness (QED) is 0.608. The Morgan fingerprint density at radius 1 is 1.11 bits per heavy atom. The fraction of sp³-hybridized carbons (Fsp3) is 0.625. The molecule has 1 aromatic carbocycles. The third-order valence-electron chi connectivity index (χ3n) is 6.26. The van der Waals surface area contributed by atoms with Crippen LogP contribution in [0.4, 0.5) is 23.7 Å². The number of nitrogens with one attached hydrogen (secondary N) is 2. The maximum atomic E-state index is 13.5. The summed E-state index contributed by atoms with van der Waals surface area (Å²) < 4.78 is 45.1. The molecule has 2 fully saturated rings. The Balaban J connectivity index is 1.82. The number of amides is 3. The summed E-state index contributed by atoms with van der Waals surface area (Å²) in [6.07, 6.45) is -3.80. The van der Waals surface area contributed by atoms with Gasteiger partial charge in [0.15, 0.2) is 0 Å². The molecule has 2 aliphatic heterocycles. The highest BCUT2D eigenvalue weighted by Gasteiger charge is 2.44. The molecule has 0 aliphatic carbocycles. The minimum absolute atomic E-state index is 0.0805. The van der Waals surface area contributed by atoms with Gasteiger partial charge >= 0.3 is 12.3 Å². The number of rotatable bonds is 4. The van der Waals surface area contributed by atoms with E-state index in [2.05, 4.69) is 10.6 Å². The van der Waals surface area contributed by atoms with Crippen molar-refractivity contribution in [2.75, 3.05) is 32.0 Å². The maximum Gasteiger partial charge on any atom is 0.416 e. The molecule has 2 N–H and O–H groups in total. The van der Waals surface area contributed by atoms with E-state index >= 15 is 0 Å². The Morgan fingerprint density at radius 3 is 2.42 bits per heavy atom. The van der Waals surface area contributed by atoms with Crippen LogP contribution >= 0.6 is 11.6 Å². The van der Waals surface area contributed by atoms with E-state index in [9.17, 15) is 27.6 Å². The van der Waals surface area contributed by atoms with Gasteiger partial charge < -0.3 is 25.2 Å². The average molecular weight is 533 g/mol. The Hall–Kier alpha value is -2.69. The van der Waals surface area contributed by atoms with Crippen LogP contribution in [0.2, 0.25) is 5.02 Å². The predicted octanol–water partition coefficient (Wildman–Crippen LogP) is 4.13. The second-order valence-corrected chi connectivity index (χ2v) is 10.5. The molecule has 3 unspecified atom stereocenters. The molecule has 0 aromatic heterocycles. The molecular weight excluding hydrogens is 501 g/mol. The number of hydrogen-bond acceptors (Lipinski definition) is 5. The van der Waals surface area contributed by atoms with E-state index in [1.165, 1.54) is 18.0 Å². The number of piperidine rings is 2. The first-order chi connectivity index (χ1) is 16.7. The summed E-state index contributed by atoms with van der Waals surface area (Å²) in [6.45, 7) is 6.04. The maximum absolute atomic E-state index is 13.5. The number of nitrogens with zero attached hydrogens (tertiary/aromatic N) is 2. The van der Waals surface area contributed by atoms with Crippen molar-refractivity contribution in [3.63, 3.8) is 0 Å². The largest absolute Gasteiger partial charge is 0.444 e. The Morgan fingerprint density at radius 2 is 1.81 bits per heavy atom. The standard InChI is InChI=1S/C24H32ClF3N4O4/c1-23(2,3)36-22(35)31-9-7-17(20(33)29-4)19(13-31)32-8-5-6-18(21(32)34)30-16-11-14(24(26,27)28)10-15(25)12-16/h10-12,17-19,30H,5-9,13H2,1-4H3,(H,29,33). The molecule has 0 radical (unpaired) electrons. The van der Waals surface area contributed by atoms with Crippen LogP contribution in [0, 0.1) is 5.92 Å². The fourth-order valence-corrected chi connectivity index (χ4v) is 4.87. The molecule has 2 saturated heterocycles. The van der Waals surface area contributed by atoms with E-state index in [0.29, 0.717) is 32.4 Å². The number of likely N-dealkylation sites (tertiary alicyclic amines) is 2. The lowest BCUT2D eigenvalue weighted by Gasteiger charge is -2.46. The smallest absolute Gasteiger partial charge is 0.416 e. The minimum Gasteiger partial charge on any atom is -0.444 e. The van der Waals surface area contributed by atoms with Crippen molar-refractivity contribution in [2.24, 2.45) is 5.92 Å². The second kappa shape index (κ2) is 10.7. The van der Waals surface area contributed by atoms with Gasteiger partial charge in [0.1, 0.15) is 11.6 Å². The van der Waals surface area contributed by atoms with Crippen LogP contribution in [-0.4, -0.2) is 72.1 Å². The molecule has 8 nitrogen and oxygen atoms in total. The molecule has 3 atom stereocenters. The SMILES string of the molecule is CNC(=O)C1CCN(C(=O)OC(C)(C)C)CC1N1CCCC(Nc2cc(Cl)cc(C(F)(F)F)c2)C1=O. The topological polar surface area (TPSA) is 91.0 Å². The van der Waals surface area contributed by atoms with E-state index in [4.69, 9.17) is 16.3 Å². The lowest BCUT2D eigenvalue weighted by Crippen LogP contribution is -2.62. The summed E-state index contributed by atoms with van der Waals surface area (Å²) >= 11 is 5.89. The van der Waals surface area contributed by atoms with Gasteiger partial charge in [-0.1, -0.05) is 11.6 Å². The molecule has 12 heteroatoms. The monoisotopic (exact) mass is 532 g/mol. The predicted molar refractivity (Wildman–Crippen MR) is 129 cm³/mol. The van der Waals surface area contributed by atoms with E-state index in [0.717, 1.165) is 12.1 Å². The lowest BCUT2D eigenvalue weighted by molar-refractivity contribution is -0.143. The van der Waals surface area contributed by atoms with Crippen molar-refractivity contribution in [1.29, 1.82) is 0 Å². The van der Waals surface area contributed by atoms with Crippen LogP contribution in [0.5, 0.6) is 0 Å². The molecule has 200 valence electrons. The van der Waals surface area contributed by atoms with E-state index in [1.54, 1.807) is 25.7 Å². The number of anilines is 1. The summed E-state index contributed by atoms with van der Waals surface area (Å²) in [5.41, 5.74) is -1.54. The van der Waals surface area contributed by atoms with Crippen LogP contribution in [0.15, 0.2) is 18.2 Å². The molecule has 2 heterocycles. The van der Waals surface area contributed by atoms with E-state index in [1.807, 2.05) is 0 Å². The van der Waals surface area contributed by atoms with Gasteiger partial charge in [0, 0.05) is 37.4 Å². The molecule has 0 saturated carbocycles. The summed E-state index contributed by atoms with van der Waals surface area (Å²) in [6, 6.07) is 1.66. The first kappa shape index (κ1) is 27.9. The zero-order valence-electron chi connectivity index (χ0n) is 20.7. The Kier molecular flexibility index (Phi) is 8.32. The van der Waals surface area contributed by atoms with Crippen LogP contribution in [0.25, 0.3) is 0 Å². The molecule has 3 amide bonds. The van der Waals surface area contributed by atoms with Crippen molar-refractivity contribution < 1.29 is 32.3 Å². The fourth-order valence-electron chi connectivity index (χ4n) is 4.63. The second-order valence-electron chi connectivity index (χ2n) is 10.1. The van der Waals surface area contributed by atoms with Crippen LogP contribution in [-0.2, 0) is 20.5 Å². The number of hydrogen-bond donors (Lipinski definition) is 2. The van der Waals surface area contributed by atoms with Gasteiger partial charge in [0.2, 0.25) is 11.8 Å². The summed E-state index contributed by atoms with van der Waals surface area (Å²) in [4.78, 5) is 41.9. The molecular formula is C24H32ClF3N4O4. The normalized spacial score (nSPS) is 23.3. The van der Waals surface area contributed by atoms with Crippen LogP contribution in [0.3, 0.4) is 0 Å². The summed E-state index contributed by atoms with van der Waals surface area (Å²) in [5.74, 6) is -1.13. The summed E-state index contributed by atoms with van der Waals surface area (Å²) in [7, 11) is 1.51. The van der Waals surface area contributed by atoms with Gasteiger partial charge in [0.05, 0.1) is 17.5 Å². The first-order valence-corrected chi connectivity index (χ1v) is 12.2. The van der Waals surface area contributed by atoms with Gasteiger partial charge in [-0.25, -0.2) is 4.79 Å². The van der Waals surface area contributed by atoms with E-state index < -0.39 is 41.4 Å². The van der Waals surface area contributed by atoms with Crippen molar-refractivity contribution in [2.45, 2.75) is 63.9 Å². The highest BCUT2D eigenvalue weighted by atomic mass is 35.5. The van der Waals surface area contributed by atoms with Crippen LogP contribution in [0.1, 0.15) is 45.6 Å². The number of halogens is 4. The Bertz CT molecular complexity index is 999.